The number of carbonyl (C=O) groups is 1. The van der Waals surface area contributed by atoms with E-state index in [1.165, 1.54) is 23.1 Å². The zero-order valence-electron chi connectivity index (χ0n) is 13.4. The van der Waals surface area contributed by atoms with Crippen molar-refractivity contribution in [2.45, 2.75) is 6.92 Å². The zero-order chi connectivity index (χ0) is 17.7. The van der Waals surface area contributed by atoms with Crippen LogP contribution in [0.4, 0.5) is 5.69 Å². The van der Waals surface area contributed by atoms with E-state index < -0.39 is 4.92 Å². The minimum Gasteiger partial charge on any atom is -0.491 e. The summed E-state index contributed by atoms with van der Waals surface area (Å²) in [5.41, 5.74) is 1.09. The summed E-state index contributed by atoms with van der Waals surface area (Å²) in [4.78, 5) is 24.0. The van der Waals surface area contributed by atoms with E-state index in [9.17, 15) is 14.9 Å². The van der Waals surface area contributed by atoms with Gasteiger partial charge in [-0.2, -0.15) is 0 Å². The van der Waals surface area contributed by atoms with Gasteiger partial charge in [0.15, 0.2) is 0 Å². The number of likely N-dealkylation sites (N-methyl/N-ethyl adjacent to an activating group) is 1. The van der Waals surface area contributed by atoms with Crippen molar-refractivity contribution >= 4 is 23.2 Å². The third-order valence-corrected chi connectivity index (χ3v) is 3.83. The van der Waals surface area contributed by atoms with E-state index in [1.807, 2.05) is 31.2 Å². The summed E-state index contributed by atoms with van der Waals surface area (Å²) >= 11 is 5.98. The highest BCUT2D eigenvalue weighted by molar-refractivity contribution is 6.34. The molecule has 0 aliphatic carbocycles. The van der Waals surface area contributed by atoms with E-state index in [0.29, 0.717) is 13.2 Å². The lowest BCUT2D eigenvalue weighted by molar-refractivity contribution is -0.384. The largest absolute Gasteiger partial charge is 0.491 e. The molecule has 6 nitrogen and oxygen atoms in total. The van der Waals surface area contributed by atoms with Crippen LogP contribution in [0.3, 0.4) is 0 Å². The summed E-state index contributed by atoms with van der Waals surface area (Å²) in [5, 5.41) is 10.8. The summed E-state index contributed by atoms with van der Waals surface area (Å²) in [6, 6.07) is 11.4. The van der Waals surface area contributed by atoms with Crippen LogP contribution in [0.1, 0.15) is 15.9 Å². The van der Waals surface area contributed by atoms with Crippen LogP contribution in [0.5, 0.6) is 5.75 Å². The number of para-hydroxylation sites is 1. The highest BCUT2D eigenvalue weighted by atomic mass is 35.5. The number of carbonyl (C=O) groups excluding carboxylic acids is 1. The number of rotatable bonds is 6. The van der Waals surface area contributed by atoms with Gasteiger partial charge in [-0.3, -0.25) is 14.9 Å². The second-order valence-electron chi connectivity index (χ2n) is 5.26. The Hall–Kier alpha value is -2.60. The van der Waals surface area contributed by atoms with Crippen LogP contribution in [0.25, 0.3) is 0 Å². The Morgan fingerprint density at radius 3 is 2.62 bits per heavy atom. The molecule has 2 rings (SSSR count). The maximum atomic E-state index is 12.4. The first-order valence-corrected chi connectivity index (χ1v) is 7.66. The van der Waals surface area contributed by atoms with E-state index in [-0.39, 0.29) is 22.2 Å². The molecule has 2 aromatic carbocycles. The summed E-state index contributed by atoms with van der Waals surface area (Å²) in [6.45, 7) is 2.64. The van der Waals surface area contributed by atoms with E-state index in [1.54, 1.807) is 7.05 Å². The lowest BCUT2D eigenvalue weighted by atomic mass is 10.2. The number of non-ortho nitro benzene ring substituents is 1. The maximum Gasteiger partial charge on any atom is 0.270 e. The first-order valence-electron chi connectivity index (χ1n) is 7.28. The molecule has 126 valence electrons. The highest BCUT2D eigenvalue weighted by Crippen LogP contribution is 2.23. The molecule has 0 spiro atoms. The lowest BCUT2D eigenvalue weighted by Crippen LogP contribution is -2.31. The van der Waals surface area contributed by atoms with Gasteiger partial charge in [-0.05, 0) is 24.6 Å². The number of nitrogens with zero attached hydrogens (tertiary/aromatic N) is 2. The van der Waals surface area contributed by atoms with Gasteiger partial charge in [-0.25, -0.2) is 0 Å². The number of amides is 1. The number of ether oxygens (including phenoxy) is 1. The normalized spacial score (nSPS) is 10.3. The summed E-state index contributed by atoms with van der Waals surface area (Å²) in [5.74, 6) is 0.454. The second-order valence-corrected chi connectivity index (χ2v) is 5.67. The minimum absolute atomic E-state index is 0.0564. The monoisotopic (exact) mass is 348 g/mol. The van der Waals surface area contributed by atoms with Gasteiger partial charge in [0.2, 0.25) is 0 Å². The molecule has 0 N–H and O–H groups in total. The predicted octanol–water partition coefficient (Wildman–Crippen LogP) is 3.71. The van der Waals surface area contributed by atoms with Crippen molar-refractivity contribution in [2.24, 2.45) is 0 Å². The molecular weight excluding hydrogens is 332 g/mol. The Morgan fingerprint density at radius 2 is 2.00 bits per heavy atom. The van der Waals surface area contributed by atoms with Gasteiger partial charge in [-0.15, -0.1) is 0 Å². The Morgan fingerprint density at radius 1 is 1.29 bits per heavy atom. The zero-order valence-corrected chi connectivity index (χ0v) is 14.1. The van der Waals surface area contributed by atoms with Gasteiger partial charge in [0.05, 0.1) is 22.1 Å². The topological polar surface area (TPSA) is 72.7 Å². The molecule has 0 bridgehead atoms. The molecule has 0 heterocycles. The van der Waals surface area contributed by atoms with Crippen LogP contribution < -0.4 is 4.74 Å². The molecule has 0 atom stereocenters. The molecule has 0 aromatic heterocycles. The van der Waals surface area contributed by atoms with Crippen LogP contribution in [-0.4, -0.2) is 35.9 Å². The van der Waals surface area contributed by atoms with Crippen molar-refractivity contribution < 1.29 is 14.5 Å². The smallest absolute Gasteiger partial charge is 0.270 e. The van der Waals surface area contributed by atoms with Gasteiger partial charge >= 0.3 is 0 Å². The van der Waals surface area contributed by atoms with Crippen molar-refractivity contribution in [2.75, 3.05) is 20.2 Å². The Bertz CT molecular complexity index is 764. The number of hydrogen-bond donors (Lipinski definition) is 0. The third kappa shape index (κ3) is 4.23. The molecule has 24 heavy (non-hydrogen) atoms. The second kappa shape index (κ2) is 7.79. The average molecular weight is 349 g/mol. The third-order valence-electron chi connectivity index (χ3n) is 3.52. The van der Waals surface area contributed by atoms with E-state index in [2.05, 4.69) is 0 Å². The molecular formula is C17H17ClN2O4. The maximum absolute atomic E-state index is 12.4. The fraction of sp³-hybridized carbons (Fsp3) is 0.235. The summed E-state index contributed by atoms with van der Waals surface area (Å²) in [7, 11) is 1.63. The number of hydrogen-bond acceptors (Lipinski definition) is 4. The SMILES string of the molecule is Cc1ccccc1OCCN(C)C(=O)c1ccc([N+](=O)[O-])cc1Cl. The van der Waals surface area contributed by atoms with Crippen molar-refractivity contribution in [1.29, 1.82) is 0 Å². The van der Waals surface area contributed by atoms with Crippen LogP contribution in [-0.2, 0) is 0 Å². The van der Waals surface area contributed by atoms with E-state index in [0.717, 1.165) is 11.3 Å². The predicted molar refractivity (Wildman–Crippen MR) is 91.7 cm³/mol. The van der Waals surface area contributed by atoms with E-state index >= 15 is 0 Å². The minimum atomic E-state index is -0.556. The number of nitro benzene ring substituents is 1. The van der Waals surface area contributed by atoms with Crippen molar-refractivity contribution in [3.05, 3.63) is 68.7 Å². The fourth-order valence-corrected chi connectivity index (χ4v) is 2.36. The number of benzene rings is 2. The number of nitro groups is 1. The summed E-state index contributed by atoms with van der Waals surface area (Å²) < 4.78 is 5.66. The Balaban J connectivity index is 1.97. The molecule has 2 aromatic rings. The molecule has 0 saturated heterocycles. The molecule has 0 aliphatic heterocycles. The van der Waals surface area contributed by atoms with Crippen molar-refractivity contribution in [3.8, 4) is 5.75 Å². The van der Waals surface area contributed by atoms with Crippen LogP contribution in [0.2, 0.25) is 5.02 Å². The average Bonchev–Trinajstić information content (AvgIpc) is 2.55. The molecule has 0 saturated carbocycles. The van der Waals surface area contributed by atoms with Gasteiger partial charge in [-0.1, -0.05) is 29.8 Å². The van der Waals surface area contributed by atoms with Crippen LogP contribution >= 0.6 is 11.6 Å². The van der Waals surface area contributed by atoms with Crippen molar-refractivity contribution in [3.63, 3.8) is 0 Å². The lowest BCUT2D eigenvalue weighted by Gasteiger charge is -2.18. The Kier molecular flexibility index (Phi) is 5.76. The van der Waals surface area contributed by atoms with Crippen molar-refractivity contribution in [1.82, 2.24) is 4.90 Å². The quantitative estimate of drug-likeness (QED) is 0.589. The van der Waals surface area contributed by atoms with Gasteiger partial charge in [0.25, 0.3) is 11.6 Å². The van der Waals surface area contributed by atoms with Gasteiger partial charge < -0.3 is 9.64 Å². The van der Waals surface area contributed by atoms with Gasteiger partial charge in [0, 0.05) is 19.2 Å². The fourth-order valence-electron chi connectivity index (χ4n) is 2.11. The molecule has 1 amide bonds. The molecule has 7 heteroatoms. The summed E-state index contributed by atoms with van der Waals surface area (Å²) in [6.07, 6.45) is 0. The molecule has 0 aliphatic rings. The molecule has 0 radical (unpaired) electrons. The van der Waals surface area contributed by atoms with Crippen LogP contribution in [0.15, 0.2) is 42.5 Å². The van der Waals surface area contributed by atoms with E-state index in [4.69, 9.17) is 16.3 Å². The molecule has 0 unspecified atom stereocenters. The van der Waals surface area contributed by atoms with Crippen LogP contribution in [0, 0.1) is 17.0 Å². The Labute approximate surface area is 144 Å². The standard InChI is InChI=1S/C17H17ClN2O4/c1-12-5-3-4-6-16(12)24-10-9-19(2)17(21)14-8-7-13(20(22)23)11-15(14)18/h3-8,11H,9-10H2,1-2H3. The molecule has 0 fully saturated rings. The highest BCUT2D eigenvalue weighted by Gasteiger charge is 2.18. The number of aryl methyl sites for hydroxylation is 1. The number of halogens is 1. The first kappa shape index (κ1) is 17.7. The first-order chi connectivity index (χ1) is 11.4. The van der Waals surface area contributed by atoms with Gasteiger partial charge in [0.1, 0.15) is 12.4 Å².